The number of amides is 3. The Labute approximate surface area is 315 Å². The molecule has 15 nitrogen and oxygen atoms in total. The van der Waals surface area contributed by atoms with Crippen LogP contribution in [0.3, 0.4) is 0 Å². The van der Waals surface area contributed by atoms with Gasteiger partial charge in [0, 0.05) is 39.6 Å². The summed E-state index contributed by atoms with van der Waals surface area (Å²) in [6.07, 6.45) is 5.98. The molecule has 0 aromatic rings. The number of carbonyl (C=O) groups excluding carboxylic acids is 5. The van der Waals surface area contributed by atoms with Crippen molar-refractivity contribution in [1.29, 1.82) is 0 Å². The van der Waals surface area contributed by atoms with Gasteiger partial charge in [-0.15, -0.1) is 0 Å². The molecule has 1 saturated carbocycles. The summed E-state index contributed by atoms with van der Waals surface area (Å²) in [5, 5.41) is 10.8. The summed E-state index contributed by atoms with van der Waals surface area (Å²) >= 11 is 0. The van der Waals surface area contributed by atoms with Crippen molar-refractivity contribution < 1.29 is 52.4 Å². The van der Waals surface area contributed by atoms with Crippen molar-refractivity contribution >= 4 is 30.0 Å². The lowest BCUT2D eigenvalue weighted by Gasteiger charge is -2.42. The van der Waals surface area contributed by atoms with Gasteiger partial charge in [-0.25, -0.2) is 0 Å². The highest BCUT2D eigenvalue weighted by Crippen LogP contribution is 2.59. The Morgan fingerprint density at radius 2 is 1.68 bits per heavy atom. The summed E-state index contributed by atoms with van der Waals surface area (Å²) in [5.41, 5.74) is 0.610. The third-order valence-electron chi connectivity index (χ3n) is 9.70. The minimum atomic E-state index is -0.559. The summed E-state index contributed by atoms with van der Waals surface area (Å²) in [5.74, 6) is -1.06. The fourth-order valence-electron chi connectivity index (χ4n) is 6.91. The summed E-state index contributed by atoms with van der Waals surface area (Å²) in [6, 6.07) is -0.559. The first kappa shape index (κ1) is 46.2. The van der Waals surface area contributed by atoms with Crippen molar-refractivity contribution in [2.45, 2.75) is 123 Å². The second kappa shape index (κ2) is 23.1. The molecule has 7 atom stereocenters. The molecule has 3 rings (SSSR count). The van der Waals surface area contributed by atoms with Gasteiger partial charge in [0.2, 0.25) is 17.7 Å². The van der Waals surface area contributed by atoms with Gasteiger partial charge < -0.3 is 54.5 Å². The molecule has 0 bridgehead atoms. The zero-order valence-corrected chi connectivity index (χ0v) is 31.9. The van der Waals surface area contributed by atoms with Gasteiger partial charge in [-0.05, 0) is 58.8 Å². The van der Waals surface area contributed by atoms with Crippen LogP contribution in [0.4, 0.5) is 0 Å². The summed E-state index contributed by atoms with van der Waals surface area (Å²) < 4.78 is 35.3. The third kappa shape index (κ3) is 15.4. The van der Waals surface area contributed by atoms with Crippen LogP contribution >= 0.6 is 0 Å². The molecular weight excluding hydrogens is 688 g/mol. The highest BCUT2D eigenvalue weighted by molar-refractivity contribution is 5.88. The van der Waals surface area contributed by atoms with Gasteiger partial charge in [-0.2, -0.15) is 0 Å². The van der Waals surface area contributed by atoms with Gasteiger partial charge in [0.1, 0.15) is 29.7 Å². The van der Waals surface area contributed by atoms with E-state index in [-0.39, 0.29) is 99.0 Å². The van der Waals surface area contributed by atoms with Gasteiger partial charge >= 0.3 is 5.97 Å². The lowest BCUT2D eigenvalue weighted by Crippen LogP contribution is -2.55. The Hall–Kier alpha value is -2.95. The van der Waals surface area contributed by atoms with Crippen LogP contribution in [-0.2, 0) is 52.4 Å². The Morgan fingerprint density at radius 1 is 0.962 bits per heavy atom. The van der Waals surface area contributed by atoms with Gasteiger partial charge in [-0.1, -0.05) is 32.9 Å². The molecule has 0 radical (unpaired) electrons. The third-order valence-corrected chi connectivity index (χ3v) is 9.70. The molecule has 1 spiro atoms. The molecule has 3 unspecified atom stereocenters. The summed E-state index contributed by atoms with van der Waals surface area (Å²) in [7, 11) is 1.67. The zero-order chi connectivity index (χ0) is 38.1. The van der Waals surface area contributed by atoms with E-state index in [1.54, 1.807) is 7.11 Å². The van der Waals surface area contributed by atoms with Crippen molar-refractivity contribution in [3.63, 3.8) is 0 Å². The Bertz CT molecular complexity index is 1210. The highest BCUT2D eigenvalue weighted by atomic mass is 16.6. The number of carbonyl (C=O) groups is 5. The second-order valence-electron chi connectivity index (χ2n) is 14.7. The van der Waals surface area contributed by atoms with Crippen LogP contribution in [0, 0.1) is 11.8 Å². The van der Waals surface area contributed by atoms with E-state index >= 15 is 0 Å². The van der Waals surface area contributed by atoms with Crippen LogP contribution in [-0.4, -0.2) is 132 Å². The number of hydrogen-bond donors (Lipinski definition) is 4. The molecule has 2 saturated heterocycles. The van der Waals surface area contributed by atoms with E-state index in [0.29, 0.717) is 65.1 Å². The molecule has 53 heavy (non-hydrogen) atoms. The maximum atomic E-state index is 12.8. The predicted molar refractivity (Wildman–Crippen MR) is 198 cm³/mol. The molecule has 2 heterocycles. The molecule has 2 aliphatic heterocycles. The monoisotopic (exact) mass is 754 g/mol. The Morgan fingerprint density at radius 3 is 2.32 bits per heavy atom. The van der Waals surface area contributed by atoms with Crippen LogP contribution in [0.2, 0.25) is 0 Å². The quantitative estimate of drug-likeness (QED) is 0.0330. The molecule has 0 aromatic heterocycles. The van der Waals surface area contributed by atoms with Crippen LogP contribution < -0.4 is 21.3 Å². The van der Waals surface area contributed by atoms with E-state index in [1.807, 2.05) is 13.8 Å². The first-order chi connectivity index (χ1) is 24.8. The van der Waals surface area contributed by atoms with Crippen molar-refractivity contribution in [2.75, 3.05) is 66.3 Å². The fraction of sp³-hybridized carbons (Fsp3) is 0.816. The normalized spacial score (nSPS) is 26.2. The van der Waals surface area contributed by atoms with Gasteiger partial charge in [-0.3, -0.25) is 19.2 Å². The smallest absolute Gasteiger partial charge is 0.306 e. The number of ether oxygens (including phenoxy) is 6. The molecule has 3 fully saturated rings. The number of nitrogens with one attached hydrogen (secondary N) is 4. The second-order valence-corrected chi connectivity index (χ2v) is 14.7. The number of hydrogen-bond acceptors (Lipinski definition) is 12. The SMILES string of the molecule is C.COC1C(OC(=O)CCCOCCOCCNC(=O)CCN[C@@H](CC(C)C)C(=O)NCC(=O)NCC=O)CC[C@]2(CO2)C1[C@@]1(C)O[C@@H]1CC=C(C)C. The van der Waals surface area contributed by atoms with Crippen molar-refractivity contribution in [2.24, 2.45) is 11.8 Å². The number of methoxy groups -OCH3 is 1. The summed E-state index contributed by atoms with van der Waals surface area (Å²) in [6.45, 7) is 12.6. The Balaban J connectivity index is 0.00000972. The van der Waals surface area contributed by atoms with Gasteiger partial charge in [0.05, 0.1) is 57.6 Å². The van der Waals surface area contributed by atoms with Crippen LogP contribution in [0.1, 0.15) is 87.0 Å². The van der Waals surface area contributed by atoms with E-state index in [4.69, 9.17) is 28.4 Å². The largest absolute Gasteiger partial charge is 0.460 e. The molecular formula is C38H66N4O11. The van der Waals surface area contributed by atoms with Crippen molar-refractivity contribution in [3.8, 4) is 0 Å². The van der Waals surface area contributed by atoms with E-state index in [0.717, 1.165) is 12.8 Å². The molecule has 3 aliphatic rings. The molecule has 0 aromatic carbocycles. The number of esters is 1. The van der Waals surface area contributed by atoms with E-state index in [1.165, 1.54) is 5.57 Å². The van der Waals surface area contributed by atoms with Gasteiger partial charge in [0.15, 0.2) is 0 Å². The minimum Gasteiger partial charge on any atom is -0.460 e. The van der Waals surface area contributed by atoms with Gasteiger partial charge in [0.25, 0.3) is 0 Å². The van der Waals surface area contributed by atoms with E-state index in [9.17, 15) is 24.0 Å². The number of allylic oxidation sites excluding steroid dienone is 1. The van der Waals surface area contributed by atoms with Crippen LogP contribution in [0.25, 0.3) is 0 Å². The first-order valence-corrected chi connectivity index (χ1v) is 18.7. The average Bonchev–Trinajstić information content (AvgIpc) is 4.02. The van der Waals surface area contributed by atoms with Crippen molar-refractivity contribution in [1.82, 2.24) is 21.3 Å². The van der Waals surface area contributed by atoms with Crippen LogP contribution in [0.5, 0.6) is 0 Å². The van der Waals surface area contributed by atoms with E-state index in [2.05, 4.69) is 48.1 Å². The molecule has 3 amide bonds. The number of rotatable bonds is 26. The number of epoxide rings is 2. The lowest BCUT2D eigenvalue weighted by atomic mass is 9.68. The lowest BCUT2D eigenvalue weighted by molar-refractivity contribution is -0.172. The maximum absolute atomic E-state index is 12.8. The number of aldehydes is 1. The first-order valence-electron chi connectivity index (χ1n) is 18.7. The van der Waals surface area contributed by atoms with Crippen LogP contribution in [0.15, 0.2) is 11.6 Å². The fourth-order valence-corrected chi connectivity index (χ4v) is 6.91. The zero-order valence-electron chi connectivity index (χ0n) is 31.9. The topological polar surface area (TPSA) is 195 Å². The van der Waals surface area contributed by atoms with Crippen molar-refractivity contribution in [3.05, 3.63) is 11.6 Å². The van der Waals surface area contributed by atoms with E-state index < -0.39 is 11.9 Å². The maximum Gasteiger partial charge on any atom is 0.306 e. The standard InChI is InChI=1S/C37H62N4O11.CH4/c1-25(2)9-10-29-36(5,52-29)34-33(47-6)28(11-13-37(34)24-50-37)51-32(45)8-7-18-48-20-21-49-19-16-40-30(43)12-14-38-27(22-26(3)4)35(46)41-23-31(44)39-15-17-42;/h9,17,26-29,33-34,38H,7-8,10-16,18-24H2,1-6H3,(H,39,44)(H,40,43)(H,41,46);1H4/t27-,28?,29+,33?,34?,36-,37-;/m0./s1. The molecule has 1 aliphatic carbocycles. The predicted octanol–water partition coefficient (Wildman–Crippen LogP) is 2.00. The molecule has 304 valence electrons. The molecule has 15 heteroatoms. The highest BCUT2D eigenvalue weighted by Gasteiger charge is 2.72. The average molecular weight is 755 g/mol. The molecule has 4 N–H and O–H groups in total. The Kier molecular flexibility index (Phi) is 20.1. The summed E-state index contributed by atoms with van der Waals surface area (Å²) in [4.78, 5) is 59.5. The minimum absolute atomic E-state index is 0.